The molecule has 1 atom stereocenters. The van der Waals surface area contributed by atoms with E-state index in [1.165, 1.54) is 13.0 Å². The molecule has 3 N–H and O–H groups in total. The van der Waals surface area contributed by atoms with E-state index in [2.05, 4.69) is 34.0 Å². The molecule has 1 saturated heterocycles. The zero-order chi connectivity index (χ0) is 12.3. The van der Waals surface area contributed by atoms with Gasteiger partial charge in [-0.05, 0) is 38.8 Å². The Labute approximate surface area is 102 Å². The monoisotopic (exact) mass is 235 g/mol. The normalized spacial score (nSPS) is 21.0. The van der Waals surface area contributed by atoms with Gasteiger partial charge in [0.2, 0.25) is 5.95 Å². The smallest absolute Gasteiger partial charge is 0.224 e. The minimum absolute atomic E-state index is 0.512. The van der Waals surface area contributed by atoms with Gasteiger partial charge in [0.15, 0.2) is 0 Å². The zero-order valence-corrected chi connectivity index (χ0v) is 10.6. The molecule has 0 aromatic carbocycles. The molecule has 5 heteroatoms. The Morgan fingerprint density at radius 3 is 3.06 bits per heavy atom. The Morgan fingerprint density at radius 1 is 1.59 bits per heavy atom. The van der Waals surface area contributed by atoms with E-state index >= 15 is 0 Å². The lowest BCUT2D eigenvalue weighted by Gasteiger charge is -2.20. The first-order chi connectivity index (χ1) is 8.15. The minimum Gasteiger partial charge on any atom is -0.384 e. The van der Waals surface area contributed by atoms with Crippen molar-refractivity contribution in [3.8, 4) is 0 Å². The van der Waals surface area contributed by atoms with Crippen LogP contribution in [0.15, 0.2) is 12.3 Å². The molecule has 1 aromatic heterocycles. The number of likely N-dealkylation sites (tertiary alicyclic amines) is 1. The van der Waals surface area contributed by atoms with E-state index in [0.717, 1.165) is 13.1 Å². The van der Waals surface area contributed by atoms with Crippen molar-refractivity contribution in [2.45, 2.75) is 26.3 Å². The molecule has 17 heavy (non-hydrogen) atoms. The first-order valence-electron chi connectivity index (χ1n) is 6.21. The molecular weight excluding hydrogens is 214 g/mol. The third-order valence-electron chi connectivity index (χ3n) is 3.27. The average Bonchev–Trinajstić information content (AvgIpc) is 2.75. The number of hydrogen-bond donors (Lipinski definition) is 2. The molecule has 0 radical (unpaired) electrons. The number of nitrogens with one attached hydrogen (secondary N) is 1. The molecular formula is C12H21N5. The van der Waals surface area contributed by atoms with Crippen molar-refractivity contribution in [1.82, 2.24) is 14.9 Å². The maximum Gasteiger partial charge on any atom is 0.224 e. The van der Waals surface area contributed by atoms with Crippen LogP contribution in [0.25, 0.3) is 0 Å². The zero-order valence-electron chi connectivity index (χ0n) is 10.6. The largest absolute Gasteiger partial charge is 0.384 e. The lowest BCUT2D eigenvalue weighted by atomic mass is 10.1. The van der Waals surface area contributed by atoms with Crippen molar-refractivity contribution in [2.24, 2.45) is 5.92 Å². The third-order valence-corrected chi connectivity index (χ3v) is 3.27. The summed E-state index contributed by atoms with van der Waals surface area (Å²) in [5.74, 6) is 1.83. The Hall–Kier alpha value is -1.36. The highest BCUT2D eigenvalue weighted by atomic mass is 15.2. The van der Waals surface area contributed by atoms with Gasteiger partial charge in [-0.2, -0.15) is 4.98 Å². The number of rotatable bonds is 4. The molecule has 5 nitrogen and oxygen atoms in total. The van der Waals surface area contributed by atoms with E-state index in [1.54, 1.807) is 12.3 Å². The van der Waals surface area contributed by atoms with Gasteiger partial charge in [-0.15, -0.1) is 0 Å². The number of anilines is 2. The van der Waals surface area contributed by atoms with Crippen LogP contribution >= 0.6 is 0 Å². The molecule has 1 aliphatic rings. The minimum atomic E-state index is 0.512. The van der Waals surface area contributed by atoms with E-state index in [9.17, 15) is 0 Å². The molecule has 0 bridgehead atoms. The number of nitrogen functional groups attached to an aromatic ring is 1. The van der Waals surface area contributed by atoms with Gasteiger partial charge in [0.25, 0.3) is 0 Å². The molecule has 1 aliphatic heterocycles. The molecule has 0 aliphatic carbocycles. The Kier molecular flexibility index (Phi) is 3.78. The molecule has 1 fully saturated rings. The van der Waals surface area contributed by atoms with Crippen LogP contribution in [0.1, 0.15) is 20.3 Å². The molecule has 0 amide bonds. The van der Waals surface area contributed by atoms with Gasteiger partial charge in [-0.25, -0.2) is 4.98 Å². The van der Waals surface area contributed by atoms with Crippen LogP contribution in [0.3, 0.4) is 0 Å². The highest BCUT2D eigenvalue weighted by molar-refractivity contribution is 5.34. The molecule has 1 aromatic rings. The summed E-state index contributed by atoms with van der Waals surface area (Å²) in [6.07, 6.45) is 2.92. The molecule has 0 spiro atoms. The van der Waals surface area contributed by atoms with E-state index in [-0.39, 0.29) is 0 Å². The lowest BCUT2D eigenvalue weighted by Crippen LogP contribution is -2.29. The third kappa shape index (κ3) is 3.30. The molecule has 2 heterocycles. The fraction of sp³-hybridized carbons (Fsp3) is 0.667. The molecule has 0 saturated carbocycles. The molecule has 2 rings (SSSR count). The number of nitrogens with zero attached hydrogens (tertiary/aromatic N) is 3. The van der Waals surface area contributed by atoms with Gasteiger partial charge < -0.3 is 16.0 Å². The van der Waals surface area contributed by atoms with Gasteiger partial charge in [0.05, 0.1) is 0 Å². The SMILES string of the molecule is CC(C)N1CCC(CNc2nccc(N)n2)C1. The van der Waals surface area contributed by atoms with Crippen molar-refractivity contribution >= 4 is 11.8 Å². The predicted octanol–water partition coefficient (Wildman–Crippen LogP) is 1.20. The van der Waals surface area contributed by atoms with Crippen LogP contribution in [0, 0.1) is 5.92 Å². The second-order valence-corrected chi connectivity index (χ2v) is 4.93. The van der Waals surface area contributed by atoms with Crippen molar-refractivity contribution < 1.29 is 0 Å². The second-order valence-electron chi connectivity index (χ2n) is 4.93. The van der Waals surface area contributed by atoms with Crippen molar-refractivity contribution in [3.05, 3.63) is 12.3 Å². The van der Waals surface area contributed by atoms with Gasteiger partial charge in [-0.3, -0.25) is 0 Å². The van der Waals surface area contributed by atoms with Crippen LogP contribution in [-0.2, 0) is 0 Å². The van der Waals surface area contributed by atoms with Crippen molar-refractivity contribution in [1.29, 1.82) is 0 Å². The standard InChI is InChI=1S/C12H21N5/c1-9(2)17-6-4-10(8-17)7-15-12-14-5-3-11(13)16-12/h3,5,9-10H,4,6-8H2,1-2H3,(H3,13,14,15,16). The summed E-state index contributed by atoms with van der Waals surface area (Å²) < 4.78 is 0. The Morgan fingerprint density at radius 2 is 2.41 bits per heavy atom. The highest BCUT2D eigenvalue weighted by Gasteiger charge is 2.23. The summed E-state index contributed by atoms with van der Waals surface area (Å²) in [5.41, 5.74) is 5.60. The molecule has 94 valence electrons. The summed E-state index contributed by atoms with van der Waals surface area (Å²) >= 11 is 0. The fourth-order valence-electron chi connectivity index (χ4n) is 2.19. The summed E-state index contributed by atoms with van der Waals surface area (Å²) in [6, 6.07) is 2.34. The first kappa shape index (κ1) is 12.1. The maximum absolute atomic E-state index is 5.60. The van der Waals surface area contributed by atoms with Crippen LogP contribution in [0.2, 0.25) is 0 Å². The van der Waals surface area contributed by atoms with Gasteiger partial charge in [-0.1, -0.05) is 0 Å². The van der Waals surface area contributed by atoms with Crippen LogP contribution < -0.4 is 11.1 Å². The number of nitrogens with two attached hydrogens (primary N) is 1. The fourth-order valence-corrected chi connectivity index (χ4v) is 2.19. The van der Waals surface area contributed by atoms with E-state index in [0.29, 0.717) is 23.7 Å². The Balaban J connectivity index is 1.80. The quantitative estimate of drug-likeness (QED) is 0.821. The predicted molar refractivity (Wildman–Crippen MR) is 69.8 cm³/mol. The highest BCUT2D eigenvalue weighted by Crippen LogP contribution is 2.18. The Bertz CT molecular complexity index is 366. The topological polar surface area (TPSA) is 67.1 Å². The lowest BCUT2D eigenvalue weighted by molar-refractivity contribution is 0.266. The van der Waals surface area contributed by atoms with E-state index in [4.69, 9.17) is 5.73 Å². The van der Waals surface area contributed by atoms with Crippen molar-refractivity contribution in [3.63, 3.8) is 0 Å². The van der Waals surface area contributed by atoms with Gasteiger partial charge in [0.1, 0.15) is 5.82 Å². The van der Waals surface area contributed by atoms with Crippen molar-refractivity contribution in [2.75, 3.05) is 30.7 Å². The summed E-state index contributed by atoms with van der Waals surface area (Å²) in [5, 5.41) is 3.26. The number of hydrogen-bond acceptors (Lipinski definition) is 5. The average molecular weight is 235 g/mol. The maximum atomic E-state index is 5.60. The van der Waals surface area contributed by atoms with Gasteiger partial charge in [0, 0.05) is 25.3 Å². The second kappa shape index (κ2) is 5.31. The van der Waals surface area contributed by atoms with Gasteiger partial charge >= 0.3 is 0 Å². The first-order valence-corrected chi connectivity index (χ1v) is 6.21. The van der Waals surface area contributed by atoms with Crippen LogP contribution in [0.4, 0.5) is 11.8 Å². The number of aromatic nitrogens is 2. The summed E-state index contributed by atoms with van der Waals surface area (Å²) in [7, 11) is 0. The molecule has 1 unspecified atom stereocenters. The van der Waals surface area contributed by atoms with Crippen LogP contribution in [0.5, 0.6) is 0 Å². The summed E-state index contributed by atoms with van der Waals surface area (Å²) in [6.45, 7) is 7.77. The van der Waals surface area contributed by atoms with E-state index < -0.39 is 0 Å². The van der Waals surface area contributed by atoms with Crippen LogP contribution in [-0.4, -0.2) is 40.5 Å². The van der Waals surface area contributed by atoms with E-state index in [1.807, 2.05) is 0 Å². The summed E-state index contributed by atoms with van der Waals surface area (Å²) in [4.78, 5) is 10.8.